The molecule has 0 radical (unpaired) electrons. The maximum absolute atomic E-state index is 12.4. The Morgan fingerprint density at radius 3 is 2.39 bits per heavy atom. The van der Waals surface area contributed by atoms with Gasteiger partial charge in [-0.2, -0.15) is 0 Å². The molecule has 1 aromatic carbocycles. The predicted molar refractivity (Wildman–Crippen MR) is 87.0 cm³/mol. The van der Waals surface area contributed by atoms with Crippen molar-refractivity contribution in [2.75, 3.05) is 6.16 Å². The van der Waals surface area contributed by atoms with Crippen LogP contribution < -0.4 is 0 Å². The first-order chi connectivity index (χ1) is 10.7. The highest BCUT2D eigenvalue weighted by Crippen LogP contribution is 2.50. The van der Waals surface area contributed by atoms with Crippen LogP contribution in [0.25, 0.3) is 0 Å². The molecule has 23 heavy (non-hydrogen) atoms. The molecule has 128 valence electrons. The van der Waals surface area contributed by atoms with Gasteiger partial charge in [-0.15, -0.1) is 0 Å². The van der Waals surface area contributed by atoms with Crippen molar-refractivity contribution in [3.8, 4) is 0 Å². The highest BCUT2D eigenvalue weighted by Gasteiger charge is 2.36. The molecule has 2 N–H and O–H groups in total. The van der Waals surface area contributed by atoms with Crippen molar-refractivity contribution in [2.45, 2.75) is 39.5 Å². The zero-order chi connectivity index (χ0) is 17.6. The highest BCUT2D eigenvalue weighted by molar-refractivity contribution is 7.58. The Morgan fingerprint density at radius 2 is 1.87 bits per heavy atom. The number of carbonyl (C=O) groups is 2. The van der Waals surface area contributed by atoms with Crippen LogP contribution in [0.1, 0.15) is 54.3 Å². The summed E-state index contributed by atoms with van der Waals surface area (Å²) < 4.78 is 17.7. The number of ether oxygens (including phenoxy) is 1. The average molecular weight is 342 g/mol. The van der Waals surface area contributed by atoms with E-state index < -0.39 is 25.2 Å². The fraction of sp³-hybridized carbons (Fsp3) is 0.500. The summed E-state index contributed by atoms with van der Waals surface area (Å²) in [6.07, 6.45) is 1.43. The van der Waals surface area contributed by atoms with Crippen molar-refractivity contribution in [3.63, 3.8) is 0 Å². The first kappa shape index (κ1) is 19.4. The molecule has 1 aromatic rings. The van der Waals surface area contributed by atoms with Gasteiger partial charge in [0.15, 0.2) is 5.85 Å². The van der Waals surface area contributed by atoms with Gasteiger partial charge in [0.1, 0.15) is 0 Å². The second-order valence-corrected chi connectivity index (χ2v) is 8.23. The lowest BCUT2D eigenvalue weighted by Gasteiger charge is -2.26. The molecule has 2 unspecified atom stereocenters. The van der Waals surface area contributed by atoms with Gasteiger partial charge in [0.2, 0.25) is 7.37 Å². The van der Waals surface area contributed by atoms with Crippen LogP contribution in [0.5, 0.6) is 0 Å². The smallest absolute Gasteiger partial charge is 0.338 e. The number of benzene rings is 1. The number of hydrogen-bond donors (Lipinski definition) is 2. The number of carbonyl (C=O) groups excluding carboxylic acids is 1. The Hall–Kier alpha value is -1.65. The minimum atomic E-state index is -3.64. The standard InChI is InChI=1S/C16H23O6P/c1-4-5-9-23(20,21)16(11(2)3)22-15(19)13-8-6-7-12(10-13)14(17)18/h6-8,10-11,16H,4-5,9H2,1-3H3,(H,17,18)(H,20,21). The van der Waals surface area contributed by atoms with Crippen molar-refractivity contribution < 1.29 is 28.9 Å². The van der Waals surface area contributed by atoms with E-state index in [1.807, 2.05) is 6.92 Å². The molecule has 0 amide bonds. The topological polar surface area (TPSA) is 101 Å². The van der Waals surface area contributed by atoms with Gasteiger partial charge in [0, 0.05) is 6.16 Å². The summed E-state index contributed by atoms with van der Waals surface area (Å²) in [6.45, 7) is 5.33. The summed E-state index contributed by atoms with van der Waals surface area (Å²) in [5.74, 6) is -3.38. The van der Waals surface area contributed by atoms with Crippen LogP contribution in [-0.2, 0) is 9.30 Å². The molecule has 0 heterocycles. The molecule has 0 aliphatic heterocycles. The van der Waals surface area contributed by atoms with Crippen molar-refractivity contribution in [1.82, 2.24) is 0 Å². The molecule has 1 rings (SSSR count). The normalized spacial score (nSPS) is 15.0. The van der Waals surface area contributed by atoms with E-state index in [1.54, 1.807) is 13.8 Å². The van der Waals surface area contributed by atoms with Crippen LogP contribution in [0.15, 0.2) is 24.3 Å². The summed E-state index contributed by atoms with van der Waals surface area (Å²) in [7, 11) is -3.64. The number of aromatic carboxylic acids is 1. The summed E-state index contributed by atoms with van der Waals surface area (Å²) >= 11 is 0. The Balaban J connectivity index is 2.96. The van der Waals surface area contributed by atoms with Gasteiger partial charge >= 0.3 is 11.9 Å². The summed E-state index contributed by atoms with van der Waals surface area (Å²) in [4.78, 5) is 33.4. The average Bonchev–Trinajstić information content (AvgIpc) is 2.50. The van der Waals surface area contributed by atoms with E-state index in [0.29, 0.717) is 6.42 Å². The maximum atomic E-state index is 12.4. The van der Waals surface area contributed by atoms with Gasteiger partial charge in [-0.1, -0.05) is 33.3 Å². The van der Waals surface area contributed by atoms with Crippen molar-refractivity contribution >= 4 is 19.3 Å². The fourth-order valence-electron chi connectivity index (χ4n) is 2.15. The van der Waals surface area contributed by atoms with E-state index in [4.69, 9.17) is 9.84 Å². The van der Waals surface area contributed by atoms with Crippen LogP contribution in [0.3, 0.4) is 0 Å². The van der Waals surface area contributed by atoms with Gasteiger partial charge in [0.25, 0.3) is 0 Å². The minimum Gasteiger partial charge on any atom is -0.478 e. The van der Waals surface area contributed by atoms with E-state index in [0.717, 1.165) is 6.42 Å². The molecule has 0 aliphatic rings. The maximum Gasteiger partial charge on any atom is 0.338 e. The highest BCUT2D eigenvalue weighted by atomic mass is 31.2. The Morgan fingerprint density at radius 1 is 1.26 bits per heavy atom. The van der Waals surface area contributed by atoms with Gasteiger partial charge in [0.05, 0.1) is 11.1 Å². The van der Waals surface area contributed by atoms with Crippen LogP contribution in [-0.4, -0.2) is 33.9 Å². The molecule has 0 spiro atoms. The lowest BCUT2D eigenvalue weighted by molar-refractivity contribution is 0.0349. The second kappa shape index (κ2) is 8.27. The zero-order valence-corrected chi connectivity index (χ0v) is 14.5. The molecule has 0 aliphatic carbocycles. The quantitative estimate of drug-likeness (QED) is 0.553. The minimum absolute atomic E-state index is 0.0429. The number of unbranched alkanes of at least 4 members (excludes halogenated alkanes) is 1. The number of rotatable bonds is 8. The van der Waals surface area contributed by atoms with E-state index in [1.165, 1.54) is 24.3 Å². The number of hydrogen-bond acceptors (Lipinski definition) is 4. The van der Waals surface area contributed by atoms with Crippen LogP contribution in [0.4, 0.5) is 0 Å². The van der Waals surface area contributed by atoms with E-state index in [2.05, 4.69) is 0 Å². The zero-order valence-electron chi connectivity index (χ0n) is 13.6. The molecular formula is C16H23O6P. The third-order valence-corrected chi connectivity index (χ3v) is 5.83. The van der Waals surface area contributed by atoms with Crippen LogP contribution in [0.2, 0.25) is 0 Å². The number of carboxylic acid groups (broad SMARTS) is 1. The monoisotopic (exact) mass is 342 g/mol. The summed E-state index contributed by atoms with van der Waals surface area (Å²) in [5, 5.41) is 8.95. The Bertz CT molecular complexity index is 610. The first-order valence-electron chi connectivity index (χ1n) is 7.55. The van der Waals surface area contributed by atoms with Crippen LogP contribution in [0, 0.1) is 5.92 Å². The number of carboxylic acids is 1. The van der Waals surface area contributed by atoms with E-state index >= 15 is 0 Å². The Kier molecular flexibility index (Phi) is 6.98. The third-order valence-electron chi connectivity index (χ3n) is 3.37. The molecule has 0 saturated heterocycles. The van der Waals surface area contributed by atoms with Crippen molar-refractivity contribution in [2.24, 2.45) is 5.92 Å². The second-order valence-electron chi connectivity index (χ2n) is 5.76. The van der Waals surface area contributed by atoms with Crippen molar-refractivity contribution in [1.29, 1.82) is 0 Å². The first-order valence-corrected chi connectivity index (χ1v) is 9.46. The fourth-order valence-corrected chi connectivity index (χ4v) is 4.37. The molecule has 7 heteroatoms. The predicted octanol–water partition coefficient (Wildman–Crippen LogP) is 3.59. The Labute approximate surface area is 135 Å². The lowest BCUT2D eigenvalue weighted by atomic mass is 10.1. The molecule has 0 bridgehead atoms. The molecule has 2 atom stereocenters. The third kappa shape index (κ3) is 5.48. The lowest BCUT2D eigenvalue weighted by Crippen LogP contribution is -2.25. The van der Waals surface area contributed by atoms with Gasteiger partial charge in [-0.25, -0.2) is 9.59 Å². The molecular weight excluding hydrogens is 319 g/mol. The van der Waals surface area contributed by atoms with E-state index in [9.17, 15) is 19.0 Å². The molecule has 0 saturated carbocycles. The van der Waals surface area contributed by atoms with Gasteiger partial charge in [-0.05, 0) is 30.5 Å². The SMILES string of the molecule is CCCCP(=O)(O)C(OC(=O)c1cccc(C(=O)O)c1)C(C)C. The van der Waals surface area contributed by atoms with Crippen molar-refractivity contribution in [3.05, 3.63) is 35.4 Å². The molecule has 0 aromatic heterocycles. The summed E-state index contributed by atoms with van der Waals surface area (Å²) in [5.41, 5.74) is 0.00440. The molecule has 6 nitrogen and oxygen atoms in total. The van der Waals surface area contributed by atoms with Crippen LogP contribution >= 0.6 is 7.37 Å². The van der Waals surface area contributed by atoms with Gasteiger partial charge in [-0.3, -0.25) is 4.57 Å². The van der Waals surface area contributed by atoms with E-state index in [-0.39, 0.29) is 23.2 Å². The molecule has 0 fully saturated rings. The number of esters is 1. The van der Waals surface area contributed by atoms with Gasteiger partial charge < -0.3 is 14.7 Å². The summed E-state index contributed by atoms with van der Waals surface area (Å²) in [6, 6.07) is 5.40. The largest absolute Gasteiger partial charge is 0.478 e.